The summed E-state index contributed by atoms with van der Waals surface area (Å²) in [5.41, 5.74) is 2.50. The molecule has 0 saturated carbocycles. The number of unbranched alkanes of at least 4 members (excludes halogenated alkanes) is 1. The van der Waals surface area contributed by atoms with Gasteiger partial charge in [0.15, 0.2) is 5.13 Å². The molecule has 0 aliphatic carbocycles. The van der Waals surface area contributed by atoms with Crippen molar-refractivity contribution >= 4 is 45.7 Å². The minimum Gasteiger partial charge on any atom is -0.326 e. The molecule has 1 aromatic heterocycles. The van der Waals surface area contributed by atoms with Crippen molar-refractivity contribution in [2.75, 3.05) is 16.4 Å². The summed E-state index contributed by atoms with van der Waals surface area (Å²) >= 11 is 3.08. The highest BCUT2D eigenvalue weighted by molar-refractivity contribution is 8.00. The summed E-state index contributed by atoms with van der Waals surface area (Å²) in [6.45, 7) is 5.54. The standard InChI is InChI=1S/C18H23N3O2S2/c1-4-5-10-24-12(2)17(23)21-18-20-16(11-25-18)14-6-8-15(9-7-14)19-13(3)22/h6-9,11-12H,4-5,10H2,1-3H3,(H,19,22)(H,20,21,23). The summed E-state index contributed by atoms with van der Waals surface area (Å²) in [5, 5.41) is 8.05. The molecule has 1 aromatic carbocycles. The van der Waals surface area contributed by atoms with Gasteiger partial charge >= 0.3 is 0 Å². The zero-order valence-electron chi connectivity index (χ0n) is 14.7. The van der Waals surface area contributed by atoms with Crippen LogP contribution in [0, 0.1) is 0 Å². The third-order valence-electron chi connectivity index (χ3n) is 3.47. The number of amides is 2. The number of aromatic nitrogens is 1. The maximum absolute atomic E-state index is 12.2. The average Bonchev–Trinajstić information content (AvgIpc) is 3.03. The number of carbonyl (C=O) groups is 2. The fraction of sp³-hybridized carbons (Fsp3) is 0.389. The minimum absolute atomic E-state index is 0.0111. The first-order chi connectivity index (χ1) is 12.0. The molecule has 0 fully saturated rings. The van der Waals surface area contributed by atoms with Crippen LogP contribution in [0.1, 0.15) is 33.6 Å². The number of anilines is 2. The molecular formula is C18H23N3O2S2. The van der Waals surface area contributed by atoms with Gasteiger partial charge in [0.25, 0.3) is 0 Å². The topological polar surface area (TPSA) is 71.1 Å². The highest BCUT2D eigenvalue weighted by atomic mass is 32.2. The third kappa shape index (κ3) is 6.17. The minimum atomic E-state index is -0.0997. The lowest BCUT2D eigenvalue weighted by atomic mass is 10.1. The zero-order valence-corrected chi connectivity index (χ0v) is 16.3. The van der Waals surface area contributed by atoms with E-state index in [-0.39, 0.29) is 17.1 Å². The smallest absolute Gasteiger partial charge is 0.238 e. The largest absolute Gasteiger partial charge is 0.326 e. The number of benzene rings is 1. The summed E-state index contributed by atoms with van der Waals surface area (Å²) in [6, 6.07) is 7.46. The van der Waals surface area contributed by atoms with Crippen molar-refractivity contribution in [2.24, 2.45) is 0 Å². The van der Waals surface area contributed by atoms with Crippen molar-refractivity contribution in [3.05, 3.63) is 29.6 Å². The quantitative estimate of drug-likeness (QED) is 0.658. The fourth-order valence-corrected chi connectivity index (χ4v) is 3.82. The highest BCUT2D eigenvalue weighted by Gasteiger charge is 2.15. The Labute approximate surface area is 156 Å². The van der Waals surface area contributed by atoms with Crippen LogP contribution in [0.15, 0.2) is 29.6 Å². The molecule has 134 valence electrons. The van der Waals surface area contributed by atoms with E-state index in [1.807, 2.05) is 36.6 Å². The van der Waals surface area contributed by atoms with Crippen LogP contribution in [-0.2, 0) is 9.59 Å². The normalized spacial score (nSPS) is 11.8. The predicted molar refractivity (Wildman–Crippen MR) is 107 cm³/mol. The maximum atomic E-state index is 12.2. The molecule has 5 nitrogen and oxygen atoms in total. The van der Waals surface area contributed by atoms with E-state index in [1.165, 1.54) is 18.3 Å². The van der Waals surface area contributed by atoms with Gasteiger partial charge in [0.05, 0.1) is 10.9 Å². The fourth-order valence-electron chi connectivity index (χ4n) is 2.08. The van der Waals surface area contributed by atoms with Crippen LogP contribution in [0.2, 0.25) is 0 Å². The van der Waals surface area contributed by atoms with Gasteiger partial charge in [-0.25, -0.2) is 4.98 Å². The highest BCUT2D eigenvalue weighted by Crippen LogP contribution is 2.26. The van der Waals surface area contributed by atoms with E-state index < -0.39 is 0 Å². The number of rotatable bonds is 8. The second kappa shape index (κ2) is 9.58. The van der Waals surface area contributed by atoms with Crippen LogP contribution in [-0.4, -0.2) is 27.8 Å². The van der Waals surface area contributed by atoms with Crippen LogP contribution in [0.25, 0.3) is 11.3 Å². The Bertz CT molecular complexity index is 713. The Hall–Kier alpha value is -1.86. The molecule has 2 N–H and O–H groups in total. The lowest BCUT2D eigenvalue weighted by Crippen LogP contribution is -2.22. The van der Waals surface area contributed by atoms with Gasteiger partial charge in [0.1, 0.15) is 0 Å². The predicted octanol–water partition coefficient (Wildman–Crippen LogP) is 4.63. The van der Waals surface area contributed by atoms with Crippen molar-refractivity contribution in [1.82, 2.24) is 4.98 Å². The van der Waals surface area contributed by atoms with E-state index >= 15 is 0 Å². The van der Waals surface area contributed by atoms with Crippen LogP contribution >= 0.6 is 23.1 Å². The Balaban J connectivity index is 1.95. The second-order valence-electron chi connectivity index (χ2n) is 5.65. The molecule has 0 radical (unpaired) electrons. The molecule has 2 amide bonds. The molecule has 1 atom stereocenters. The molecule has 2 aromatic rings. The number of carbonyl (C=O) groups excluding carboxylic acids is 2. The van der Waals surface area contributed by atoms with Crippen molar-refractivity contribution in [3.63, 3.8) is 0 Å². The number of nitrogens with one attached hydrogen (secondary N) is 2. The Morgan fingerprint density at radius 2 is 1.96 bits per heavy atom. The molecule has 0 aliphatic heterocycles. The maximum Gasteiger partial charge on any atom is 0.238 e. The molecule has 0 saturated heterocycles. The van der Waals surface area contributed by atoms with E-state index in [1.54, 1.807) is 11.8 Å². The van der Waals surface area contributed by atoms with E-state index in [0.717, 1.165) is 35.5 Å². The Morgan fingerprint density at radius 3 is 2.60 bits per heavy atom. The van der Waals surface area contributed by atoms with Crippen molar-refractivity contribution < 1.29 is 9.59 Å². The van der Waals surface area contributed by atoms with Crippen molar-refractivity contribution in [2.45, 2.75) is 38.9 Å². The van der Waals surface area contributed by atoms with Crippen LogP contribution in [0.3, 0.4) is 0 Å². The molecule has 1 heterocycles. The number of thiazole rings is 1. The van der Waals surface area contributed by atoms with E-state index in [4.69, 9.17) is 0 Å². The van der Waals surface area contributed by atoms with E-state index in [9.17, 15) is 9.59 Å². The molecule has 0 aliphatic rings. The van der Waals surface area contributed by atoms with E-state index in [0.29, 0.717) is 5.13 Å². The number of hydrogen-bond acceptors (Lipinski definition) is 5. The molecule has 7 heteroatoms. The molecule has 1 unspecified atom stereocenters. The lowest BCUT2D eigenvalue weighted by molar-refractivity contribution is -0.115. The summed E-state index contributed by atoms with van der Waals surface area (Å²) in [4.78, 5) is 27.7. The number of hydrogen-bond donors (Lipinski definition) is 2. The van der Waals surface area contributed by atoms with Crippen LogP contribution < -0.4 is 10.6 Å². The van der Waals surface area contributed by atoms with Gasteiger partial charge in [-0.15, -0.1) is 23.1 Å². The van der Waals surface area contributed by atoms with Crippen LogP contribution in [0.5, 0.6) is 0 Å². The first-order valence-electron chi connectivity index (χ1n) is 8.25. The monoisotopic (exact) mass is 377 g/mol. The van der Waals surface area contributed by atoms with Gasteiger partial charge < -0.3 is 10.6 Å². The van der Waals surface area contributed by atoms with Gasteiger partial charge in [-0.05, 0) is 31.2 Å². The van der Waals surface area contributed by atoms with Gasteiger partial charge in [-0.3, -0.25) is 9.59 Å². The molecule has 25 heavy (non-hydrogen) atoms. The molecule has 0 bridgehead atoms. The summed E-state index contributed by atoms with van der Waals surface area (Å²) in [5.74, 6) is 0.884. The molecule has 0 spiro atoms. The Morgan fingerprint density at radius 1 is 1.24 bits per heavy atom. The number of thioether (sulfide) groups is 1. The first-order valence-corrected chi connectivity index (χ1v) is 10.2. The van der Waals surface area contributed by atoms with Crippen molar-refractivity contribution in [1.29, 1.82) is 0 Å². The Kier molecular flexibility index (Phi) is 7.46. The molecule has 2 rings (SSSR count). The summed E-state index contributed by atoms with van der Waals surface area (Å²) in [7, 11) is 0. The molecular weight excluding hydrogens is 354 g/mol. The van der Waals surface area contributed by atoms with Gasteiger partial charge in [0, 0.05) is 23.6 Å². The van der Waals surface area contributed by atoms with Crippen LogP contribution in [0.4, 0.5) is 10.8 Å². The van der Waals surface area contributed by atoms with Gasteiger partial charge in [-0.1, -0.05) is 25.5 Å². The SMILES string of the molecule is CCCCSC(C)C(=O)Nc1nc(-c2ccc(NC(C)=O)cc2)cs1. The summed E-state index contributed by atoms with van der Waals surface area (Å²) in [6.07, 6.45) is 2.26. The van der Waals surface area contributed by atoms with Crippen molar-refractivity contribution in [3.8, 4) is 11.3 Å². The second-order valence-corrected chi connectivity index (χ2v) is 7.96. The van der Waals surface area contributed by atoms with E-state index in [2.05, 4.69) is 22.5 Å². The number of nitrogens with zero attached hydrogens (tertiary/aromatic N) is 1. The average molecular weight is 378 g/mol. The third-order valence-corrected chi connectivity index (χ3v) is 5.47. The zero-order chi connectivity index (χ0) is 18.2. The first kappa shape index (κ1) is 19.5. The summed E-state index contributed by atoms with van der Waals surface area (Å²) < 4.78 is 0. The lowest BCUT2D eigenvalue weighted by Gasteiger charge is -2.09. The van der Waals surface area contributed by atoms with Gasteiger partial charge in [0.2, 0.25) is 11.8 Å². The van der Waals surface area contributed by atoms with Gasteiger partial charge in [-0.2, -0.15) is 0 Å².